The maximum Gasteiger partial charge on any atom is 0.243 e. The Hall–Kier alpha value is -0.910. The van der Waals surface area contributed by atoms with Crippen LogP contribution < -0.4 is 0 Å². The van der Waals surface area contributed by atoms with Crippen LogP contribution in [0, 0.1) is 0 Å². The third-order valence-electron chi connectivity index (χ3n) is 6.38. The summed E-state index contributed by atoms with van der Waals surface area (Å²) in [5.74, 6) is 0.610. The predicted octanol–water partition coefficient (Wildman–Crippen LogP) is 4.23. The van der Waals surface area contributed by atoms with Gasteiger partial charge in [-0.15, -0.1) is 0 Å². The molecule has 5 heteroatoms. The van der Waals surface area contributed by atoms with Crippen LogP contribution in [-0.4, -0.2) is 49.8 Å². The fourth-order valence-electron chi connectivity index (χ4n) is 4.48. The Morgan fingerprint density at radius 3 is 2.08 bits per heavy atom. The van der Waals surface area contributed by atoms with Gasteiger partial charge in [-0.05, 0) is 76.2 Å². The van der Waals surface area contributed by atoms with Crippen LogP contribution in [0.15, 0.2) is 29.2 Å². The summed E-state index contributed by atoms with van der Waals surface area (Å²) in [6, 6.07) is 8.35. The minimum Gasteiger partial charge on any atom is -0.301 e. The van der Waals surface area contributed by atoms with E-state index in [0.29, 0.717) is 16.9 Å². The zero-order valence-electron chi connectivity index (χ0n) is 16.5. The maximum atomic E-state index is 13.0. The molecule has 2 fully saturated rings. The van der Waals surface area contributed by atoms with E-state index in [-0.39, 0.29) is 6.04 Å². The van der Waals surface area contributed by atoms with Gasteiger partial charge in [0.25, 0.3) is 0 Å². The first-order chi connectivity index (χ1) is 12.4. The number of rotatable bonds is 5. The largest absolute Gasteiger partial charge is 0.301 e. The number of hydrogen-bond donors (Lipinski definition) is 0. The molecule has 0 N–H and O–H groups in total. The quantitative estimate of drug-likeness (QED) is 0.770. The first kappa shape index (κ1) is 19.8. The fraction of sp³-hybridized carbons (Fsp3) is 0.714. The van der Waals surface area contributed by atoms with Crippen LogP contribution in [0.4, 0.5) is 0 Å². The molecule has 4 nitrogen and oxygen atoms in total. The van der Waals surface area contributed by atoms with Crippen LogP contribution in [0.25, 0.3) is 0 Å². The summed E-state index contributed by atoms with van der Waals surface area (Å²) in [6.07, 6.45) is 8.22. The van der Waals surface area contributed by atoms with Gasteiger partial charge >= 0.3 is 0 Å². The Balaban J connectivity index is 1.67. The molecule has 2 aliphatic rings. The zero-order chi connectivity index (χ0) is 18.7. The Morgan fingerprint density at radius 1 is 0.962 bits per heavy atom. The lowest BCUT2D eigenvalue weighted by Gasteiger charge is -2.38. The maximum absolute atomic E-state index is 13.0. The van der Waals surface area contributed by atoms with Gasteiger partial charge in [0.05, 0.1) is 4.90 Å². The van der Waals surface area contributed by atoms with Crippen molar-refractivity contribution in [3.05, 3.63) is 29.8 Å². The highest BCUT2D eigenvalue weighted by Gasteiger charge is 2.31. The van der Waals surface area contributed by atoms with Crippen LogP contribution in [0.2, 0.25) is 0 Å². The Bertz CT molecular complexity index is 670. The molecule has 1 aromatic carbocycles. The van der Waals surface area contributed by atoms with Crippen molar-refractivity contribution in [1.82, 2.24) is 9.21 Å². The van der Waals surface area contributed by atoms with Crippen molar-refractivity contribution in [2.75, 3.05) is 20.1 Å². The Morgan fingerprint density at radius 2 is 1.54 bits per heavy atom. The van der Waals surface area contributed by atoms with E-state index in [1.165, 1.54) is 37.7 Å². The molecule has 0 bridgehead atoms. The summed E-state index contributed by atoms with van der Waals surface area (Å²) in [7, 11) is -1.66. The van der Waals surface area contributed by atoms with Gasteiger partial charge in [-0.1, -0.05) is 31.4 Å². The molecule has 0 amide bonds. The molecule has 0 aromatic heterocycles. The second kappa shape index (κ2) is 8.41. The van der Waals surface area contributed by atoms with E-state index < -0.39 is 10.0 Å². The predicted molar refractivity (Wildman–Crippen MR) is 107 cm³/mol. The van der Waals surface area contributed by atoms with E-state index in [9.17, 15) is 8.42 Å². The van der Waals surface area contributed by atoms with Crippen molar-refractivity contribution in [3.8, 4) is 0 Å². The summed E-state index contributed by atoms with van der Waals surface area (Å²) in [5, 5.41) is 0. The first-order valence-electron chi connectivity index (χ1n) is 10.2. The third kappa shape index (κ3) is 4.32. The zero-order valence-corrected chi connectivity index (χ0v) is 17.3. The summed E-state index contributed by atoms with van der Waals surface area (Å²) in [4.78, 5) is 2.86. The van der Waals surface area contributed by atoms with Crippen molar-refractivity contribution < 1.29 is 8.42 Å². The molecule has 146 valence electrons. The minimum absolute atomic E-state index is 0.105. The van der Waals surface area contributed by atoms with Crippen molar-refractivity contribution in [2.24, 2.45) is 0 Å². The molecule has 1 saturated carbocycles. The van der Waals surface area contributed by atoms with E-state index in [2.05, 4.69) is 18.7 Å². The highest BCUT2D eigenvalue weighted by Crippen LogP contribution is 2.33. The SMILES string of the molecule is CC(C)N1CCC(N(C)S(=O)(=O)c2ccc(C3CCCCC3)cc2)CC1. The topological polar surface area (TPSA) is 40.6 Å². The van der Waals surface area contributed by atoms with Gasteiger partial charge in [-0.3, -0.25) is 0 Å². The highest BCUT2D eigenvalue weighted by molar-refractivity contribution is 7.89. The third-order valence-corrected chi connectivity index (χ3v) is 8.30. The lowest BCUT2D eigenvalue weighted by molar-refractivity contribution is 0.140. The molecule has 1 aliphatic carbocycles. The van der Waals surface area contributed by atoms with E-state index in [0.717, 1.165) is 25.9 Å². The minimum atomic E-state index is -3.41. The summed E-state index contributed by atoms with van der Waals surface area (Å²) in [5.41, 5.74) is 1.30. The van der Waals surface area contributed by atoms with Crippen molar-refractivity contribution in [2.45, 2.75) is 81.7 Å². The van der Waals surface area contributed by atoms with Crippen LogP contribution in [0.3, 0.4) is 0 Å². The van der Waals surface area contributed by atoms with Crippen LogP contribution in [-0.2, 0) is 10.0 Å². The molecule has 1 aliphatic heterocycles. The second-order valence-corrected chi connectivity index (χ2v) is 10.3. The average Bonchev–Trinajstić information content (AvgIpc) is 2.68. The van der Waals surface area contributed by atoms with Crippen molar-refractivity contribution in [1.29, 1.82) is 0 Å². The molecule has 0 unspecified atom stereocenters. The number of nitrogens with zero attached hydrogens (tertiary/aromatic N) is 2. The van der Waals surface area contributed by atoms with Crippen molar-refractivity contribution >= 4 is 10.0 Å². The van der Waals surface area contributed by atoms with Gasteiger partial charge < -0.3 is 4.90 Å². The van der Waals surface area contributed by atoms with Gasteiger partial charge in [0.2, 0.25) is 10.0 Å². The fourth-order valence-corrected chi connectivity index (χ4v) is 5.89. The first-order valence-corrected chi connectivity index (χ1v) is 11.7. The molecule has 26 heavy (non-hydrogen) atoms. The normalized spacial score (nSPS) is 21.6. The molecular weight excluding hydrogens is 344 g/mol. The summed E-state index contributed by atoms with van der Waals surface area (Å²) in [6.45, 7) is 6.36. The number of benzene rings is 1. The standard InChI is InChI=1S/C21H34N2O2S/c1-17(2)23-15-13-20(14-16-23)22(3)26(24,25)21-11-9-19(10-12-21)18-7-5-4-6-8-18/h9-12,17-18,20H,4-8,13-16H2,1-3H3. The molecule has 1 heterocycles. The number of piperidine rings is 1. The van der Waals surface area contributed by atoms with Gasteiger partial charge in [-0.2, -0.15) is 4.31 Å². The lowest BCUT2D eigenvalue weighted by atomic mass is 9.84. The Labute approximate surface area is 159 Å². The molecule has 0 spiro atoms. The van der Waals surface area contributed by atoms with E-state index in [1.54, 1.807) is 11.4 Å². The highest BCUT2D eigenvalue weighted by atomic mass is 32.2. The monoisotopic (exact) mass is 378 g/mol. The van der Waals surface area contributed by atoms with Gasteiger partial charge in [0.15, 0.2) is 0 Å². The van der Waals surface area contributed by atoms with Gasteiger partial charge in [0, 0.05) is 19.1 Å². The van der Waals surface area contributed by atoms with Crippen LogP contribution in [0.1, 0.15) is 70.3 Å². The average molecular weight is 379 g/mol. The molecular formula is C21H34N2O2S. The van der Waals surface area contributed by atoms with E-state index in [4.69, 9.17) is 0 Å². The number of hydrogen-bond acceptors (Lipinski definition) is 3. The molecule has 1 aromatic rings. The van der Waals surface area contributed by atoms with E-state index in [1.807, 2.05) is 24.3 Å². The Kier molecular flexibility index (Phi) is 6.41. The van der Waals surface area contributed by atoms with Gasteiger partial charge in [0.1, 0.15) is 0 Å². The number of sulfonamides is 1. The summed E-state index contributed by atoms with van der Waals surface area (Å²) < 4.78 is 27.7. The lowest BCUT2D eigenvalue weighted by Crippen LogP contribution is -2.47. The van der Waals surface area contributed by atoms with Crippen LogP contribution in [0.5, 0.6) is 0 Å². The van der Waals surface area contributed by atoms with Crippen molar-refractivity contribution in [3.63, 3.8) is 0 Å². The second-order valence-electron chi connectivity index (χ2n) is 8.29. The molecule has 3 rings (SSSR count). The van der Waals surface area contributed by atoms with Gasteiger partial charge in [-0.25, -0.2) is 8.42 Å². The van der Waals surface area contributed by atoms with Crippen LogP contribution >= 0.6 is 0 Å². The smallest absolute Gasteiger partial charge is 0.243 e. The molecule has 0 radical (unpaired) electrons. The molecule has 1 saturated heterocycles. The molecule has 0 atom stereocenters. The summed E-state index contributed by atoms with van der Waals surface area (Å²) >= 11 is 0. The number of likely N-dealkylation sites (tertiary alicyclic amines) is 1. The van der Waals surface area contributed by atoms with E-state index >= 15 is 0 Å².